The van der Waals surface area contributed by atoms with Crippen LogP contribution in [0.25, 0.3) is 0 Å². The van der Waals surface area contributed by atoms with E-state index < -0.39 is 5.60 Å². The molecule has 1 aliphatic carbocycles. The number of rotatable bonds is 1. The topological polar surface area (TPSA) is 20.2 Å². The highest BCUT2D eigenvalue weighted by atomic mass is 16.3. The molecule has 18 heavy (non-hydrogen) atoms. The van der Waals surface area contributed by atoms with Crippen molar-refractivity contribution in [3.8, 4) is 11.8 Å². The molecule has 0 radical (unpaired) electrons. The van der Waals surface area contributed by atoms with Gasteiger partial charge in [-0.3, -0.25) is 0 Å². The summed E-state index contributed by atoms with van der Waals surface area (Å²) in [6.45, 7) is 3.41. The molecule has 0 aliphatic heterocycles. The predicted molar refractivity (Wildman–Crippen MR) is 75.4 cm³/mol. The first-order valence-electron chi connectivity index (χ1n) is 6.90. The molecule has 1 nitrogen and oxygen atoms in total. The van der Waals surface area contributed by atoms with Crippen molar-refractivity contribution in [1.29, 1.82) is 0 Å². The van der Waals surface area contributed by atoms with Gasteiger partial charge in [-0.15, -0.1) is 0 Å². The van der Waals surface area contributed by atoms with Gasteiger partial charge in [0.15, 0.2) is 0 Å². The fourth-order valence-electron chi connectivity index (χ4n) is 2.50. The average Bonchev–Trinajstić information content (AvgIpc) is 2.37. The van der Waals surface area contributed by atoms with E-state index in [0.29, 0.717) is 0 Å². The molecule has 0 saturated heterocycles. The molecule has 0 heterocycles. The van der Waals surface area contributed by atoms with Gasteiger partial charge in [0.25, 0.3) is 0 Å². The van der Waals surface area contributed by atoms with Crippen LogP contribution in [0.3, 0.4) is 0 Å². The summed E-state index contributed by atoms with van der Waals surface area (Å²) in [7, 11) is 0. The summed E-state index contributed by atoms with van der Waals surface area (Å²) in [6.07, 6.45) is 6.78. The second-order valence-electron chi connectivity index (χ2n) is 5.77. The Morgan fingerprint density at radius 1 is 1.06 bits per heavy atom. The minimum absolute atomic E-state index is 0.745. The highest BCUT2D eigenvalue weighted by Crippen LogP contribution is 2.32. The highest BCUT2D eigenvalue weighted by molar-refractivity contribution is 5.38. The molecule has 0 bridgehead atoms. The third-order valence-electron chi connectivity index (χ3n) is 3.50. The Morgan fingerprint density at radius 2 is 1.67 bits per heavy atom. The first kappa shape index (κ1) is 13.2. The fraction of sp³-hybridized carbons (Fsp3) is 0.529. The van der Waals surface area contributed by atoms with Crippen molar-refractivity contribution in [3.63, 3.8) is 0 Å². The van der Waals surface area contributed by atoms with E-state index in [1.54, 1.807) is 13.8 Å². The molecule has 1 N–H and O–H groups in total. The van der Waals surface area contributed by atoms with E-state index in [0.717, 1.165) is 11.5 Å². The van der Waals surface area contributed by atoms with Gasteiger partial charge in [-0.2, -0.15) is 0 Å². The van der Waals surface area contributed by atoms with Crippen molar-refractivity contribution >= 4 is 0 Å². The Kier molecular flexibility index (Phi) is 4.09. The summed E-state index contributed by atoms with van der Waals surface area (Å²) in [5, 5.41) is 9.56. The van der Waals surface area contributed by atoms with Gasteiger partial charge in [0.2, 0.25) is 0 Å². The largest absolute Gasteiger partial charge is 0.378 e. The van der Waals surface area contributed by atoms with Crippen molar-refractivity contribution < 1.29 is 5.11 Å². The van der Waals surface area contributed by atoms with Gasteiger partial charge in [0, 0.05) is 5.56 Å². The Morgan fingerprint density at radius 3 is 2.22 bits per heavy atom. The van der Waals surface area contributed by atoms with Crippen molar-refractivity contribution in [2.45, 2.75) is 57.5 Å². The van der Waals surface area contributed by atoms with Crippen molar-refractivity contribution in [3.05, 3.63) is 35.4 Å². The Labute approximate surface area is 110 Å². The molecule has 96 valence electrons. The van der Waals surface area contributed by atoms with Gasteiger partial charge < -0.3 is 5.11 Å². The molecule has 0 atom stereocenters. The molecule has 1 fully saturated rings. The van der Waals surface area contributed by atoms with E-state index in [1.807, 2.05) is 0 Å². The lowest BCUT2D eigenvalue weighted by atomic mass is 9.84. The van der Waals surface area contributed by atoms with Gasteiger partial charge in [0.1, 0.15) is 5.60 Å². The zero-order valence-corrected chi connectivity index (χ0v) is 11.4. The molecular weight excluding hydrogens is 220 g/mol. The smallest absolute Gasteiger partial charge is 0.120 e. The van der Waals surface area contributed by atoms with Crippen LogP contribution in [-0.2, 0) is 0 Å². The maximum Gasteiger partial charge on any atom is 0.120 e. The van der Waals surface area contributed by atoms with E-state index in [-0.39, 0.29) is 0 Å². The summed E-state index contributed by atoms with van der Waals surface area (Å²) < 4.78 is 0. The first-order valence-corrected chi connectivity index (χ1v) is 6.90. The number of benzene rings is 1. The SMILES string of the molecule is CC(C)(O)C#Cc1ccc(C2CCCCC2)cc1. The molecule has 0 aromatic heterocycles. The zero-order valence-electron chi connectivity index (χ0n) is 11.4. The lowest BCUT2D eigenvalue weighted by Crippen LogP contribution is -2.14. The molecule has 0 unspecified atom stereocenters. The molecule has 2 rings (SSSR count). The van der Waals surface area contributed by atoms with Crippen molar-refractivity contribution in [1.82, 2.24) is 0 Å². The normalized spacial score (nSPS) is 17.1. The lowest BCUT2D eigenvalue weighted by molar-refractivity contribution is 0.143. The first-order chi connectivity index (χ1) is 8.54. The third kappa shape index (κ3) is 3.89. The van der Waals surface area contributed by atoms with E-state index in [2.05, 4.69) is 36.1 Å². The van der Waals surface area contributed by atoms with Gasteiger partial charge >= 0.3 is 0 Å². The summed E-state index contributed by atoms with van der Waals surface area (Å²) in [5.41, 5.74) is 1.52. The van der Waals surface area contributed by atoms with Gasteiger partial charge in [-0.05, 0) is 50.3 Å². The van der Waals surface area contributed by atoms with Crippen LogP contribution in [0.5, 0.6) is 0 Å². The van der Waals surface area contributed by atoms with Gasteiger partial charge in [-0.1, -0.05) is 43.2 Å². The minimum atomic E-state index is -0.915. The van der Waals surface area contributed by atoms with Gasteiger partial charge in [0.05, 0.1) is 0 Å². The highest BCUT2D eigenvalue weighted by Gasteiger charge is 2.14. The van der Waals surface area contributed by atoms with Crippen molar-refractivity contribution in [2.24, 2.45) is 0 Å². The molecule has 1 aromatic rings. The molecular formula is C17H22O. The molecule has 0 amide bonds. The zero-order chi connectivity index (χ0) is 13.0. The monoisotopic (exact) mass is 242 g/mol. The van der Waals surface area contributed by atoms with Crippen LogP contribution in [0.4, 0.5) is 0 Å². The second kappa shape index (κ2) is 5.59. The Hall–Kier alpha value is -1.26. The standard InChI is InChI=1S/C17H22O/c1-17(2,18)13-12-14-8-10-16(11-9-14)15-6-4-3-5-7-15/h8-11,15,18H,3-7H2,1-2H3. The second-order valence-corrected chi connectivity index (χ2v) is 5.77. The van der Waals surface area contributed by atoms with Crippen LogP contribution >= 0.6 is 0 Å². The fourth-order valence-corrected chi connectivity index (χ4v) is 2.50. The maximum absolute atomic E-state index is 9.56. The Bertz CT molecular complexity index is 433. The summed E-state index contributed by atoms with van der Waals surface area (Å²) >= 11 is 0. The third-order valence-corrected chi connectivity index (χ3v) is 3.50. The molecule has 0 spiro atoms. The molecule has 1 heteroatoms. The number of hydrogen-bond donors (Lipinski definition) is 1. The summed E-state index contributed by atoms with van der Waals surface area (Å²) in [5.74, 6) is 6.60. The van der Waals surface area contributed by atoms with E-state index in [9.17, 15) is 5.11 Å². The van der Waals surface area contributed by atoms with Crippen LogP contribution in [0, 0.1) is 11.8 Å². The average molecular weight is 242 g/mol. The lowest BCUT2D eigenvalue weighted by Gasteiger charge is -2.21. The number of aliphatic hydroxyl groups is 1. The minimum Gasteiger partial charge on any atom is -0.378 e. The number of hydrogen-bond acceptors (Lipinski definition) is 1. The molecule has 1 saturated carbocycles. The van der Waals surface area contributed by atoms with Gasteiger partial charge in [-0.25, -0.2) is 0 Å². The summed E-state index contributed by atoms with van der Waals surface area (Å²) in [6, 6.07) is 8.54. The molecule has 1 aromatic carbocycles. The van der Waals surface area contributed by atoms with E-state index in [4.69, 9.17) is 0 Å². The predicted octanol–water partition coefficient (Wildman–Crippen LogP) is 3.86. The summed E-state index contributed by atoms with van der Waals surface area (Å²) in [4.78, 5) is 0. The Balaban J connectivity index is 2.07. The van der Waals surface area contributed by atoms with Crippen LogP contribution in [-0.4, -0.2) is 10.7 Å². The van der Waals surface area contributed by atoms with Crippen LogP contribution in [0.2, 0.25) is 0 Å². The van der Waals surface area contributed by atoms with Crippen LogP contribution in [0.1, 0.15) is 63.0 Å². The molecule has 1 aliphatic rings. The van der Waals surface area contributed by atoms with Crippen LogP contribution < -0.4 is 0 Å². The quantitative estimate of drug-likeness (QED) is 0.741. The van der Waals surface area contributed by atoms with E-state index in [1.165, 1.54) is 37.7 Å². The maximum atomic E-state index is 9.56. The van der Waals surface area contributed by atoms with Crippen molar-refractivity contribution in [2.75, 3.05) is 0 Å². The van der Waals surface area contributed by atoms with E-state index >= 15 is 0 Å². The van der Waals surface area contributed by atoms with Crippen LogP contribution in [0.15, 0.2) is 24.3 Å².